The average molecular weight is 749 g/mol. The molecule has 0 spiro atoms. The third kappa shape index (κ3) is 8.39. The van der Waals surface area contributed by atoms with Gasteiger partial charge in [0.1, 0.15) is 4.90 Å². The molecule has 5 N–H and O–H groups in total. The zero-order valence-corrected chi connectivity index (χ0v) is 30.1. The van der Waals surface area contributed by atoms with Crippen molar-refractivity contribution < 1.29 is 38.9 Å². The first kappa shape index (κ1) is 37.4. The minimum Gasteiger partial charge on any atom is -0.398 e. The topological polar surface area (TPSA) is 192 Å². The highest BCUT2D eigenvalue weighted by Gasteiger charge is 2.21. The lowest BCUT2D eigenvalue weighted by atomic mass is 9.94. The van der Waals surface area contributed by atoms with Gasteiger partial charge in [-0.3, -0.25) is 13.7 Å². The summed E-state index contributed by atoms with van der Waals surface area (Å²) < 4.78 is 102. The largest absolute Gasteiger partial charge is 0.398 e. The predicted octanol–water partition coefficient (Wildman–Crippen LogP) is 4.38. The van der Waals surface area contributed by atoms with Gasteiger partial charge in [0.15, 0.2) is 0 Å². The van der Waals surface area contributed by atoms with Crippen LogP contribution in [0.4, 0.5) is 5.69 Å². The standard InChI is InChI=1S/C37H36N2O9S3/c1-3-31-32(12-8-14-34(31)50(43,44)45)37(38)28-17-15-26(16-18-28)36(33-11-5-6-13-35(33)51(46,47)48)27-19-21-29(22-20-27)39(4-2)24-25-9-7-10-30(23-25)49(40,41)42/h5-23H,3-4,24,38H2,1-2H3,(H,40,41,42)(H,43,44,45)(H,46,47,48). The van der Waals surface area contributed by atoms with E-state index in [9.17, 15) is 38.9 Å². The summed E-state index contributed by atoms with van der Waals surface area (Å²) in [5.41, 5.74) is 10.5. The van der Waals surface area contributed by atoms with Crippen LogP contribution < -0.4 is 21.1 Å². The Balaban J connectivity index is 1.65. The number of benzene rings is 5. The van der Waals surface area contributed by atoms with E-state index < -0.39 is 30.4 Å². The molecule has 5 aromatic carbocycles. The fourth-order valence-corrected chi connectivity index (χ4v) is 8.09. The maximum atomic E-state index is 12.5. The lowest BCUT2D eigenvalue weighted by Gasteiger charge is -2.24. The molecule has 0 unspecified atom stereocenters. The van der Waals surface area contributed by atoms with Crippen molar-refractivity contribution >= 4 is 47.3 Å². The number of hydrogen-bond donors (Lipinski definition) is 4. The van der Waals surface area contributed by atoms with E-state index in [2.05, 4.69) is 0 Å². The molecule has 0 bridgehead atoms. The fraction of sp³-hybridized carbons (Fsp3) is 0.135. The van der Waals surface area contributed by atoms with Crippen LogP contribution in [0.2, 0.25) is 0 Å². The van der Waals surface area contributed by atoms with Gasteiger partial charge >= 0.3 is 0 Å². The second-order valence-electron chi connectivity index (χ2n) is 11.6. The van der Waals surface area contributed by atoms with Crippen molar-refractivity contribution in [2.45, 2.75) is 41.5 Å². The molecule has 0 aliphatic heterocycles. The highest BCUT2D eigenvalue weighted by molar-refractivity contribution is 7.86. The quantitative estimate of drug-likeness (QED) is 0.140. The van der Waals surface area contributed by atoms with Gasteiger partial charge in [0.2, 0.25) is 0 Å². The van der Waals surface area contributed by atoms with Crippen molar-refractivity contribution in [3.05, 3.63) is 154 Å². The number of nitrogens with zero attached hydrogens (tertiary/aromatic N) is 1. The summed E-state index contributed by atoms with van der Waals surface area (Å²) >= 11 is 0. The molecule has 5 aromatic rings. The Morgan fingerprint density at radius 1 is 0.627 bits per heavy atom. The summed E-state index contributed by atoms with van der Waals surface area (Å²) in [6.07, 6.45) is 0.289. The Labute approximate surface area is 297 Å². The van der Waals surface area contributed by atoms with E-state index in [0.29, 0.717) is 51.4 Å². The second kappa shape index (κ2) is 14.8. The molecule has 14 heteroatoms. The highest BCUT2D eigenvalue weighted by Crippen LogP contribution is 2.29. The van der Waals surface area contributed by atoms with E-state index in [1.165, 1.54) is 36.4 Å². The predicted molar refractivity (Wildman–Crippen MR) is 195 cm³/mol. The summed E-state index contributed by atoms with van der Waals surface area (Å²) in [5.74, 6) is 0. The molecular formula is C37H36N2O9S3. The molecule has 0 aromatic heterocycles. The molecule has 11 nitrogen and oxygen atoms in total. The fourth-order valence-electron chi connectivity index (χ4n) is 6.02. The Morgan fingerprint density at radius 2 is 1.20 bits per heavy atom. The first-order valence-electron chi connectivity index (χ1n) is 15.7. The number of nitrogens with two attached hydrogens (primary N) is 1. The molecule has 5 rings (SSSR count). The third-order valence-electron chi connectivity index (χ3n) is 8.45. The molecule has 0 saturated heterocycles. The monoisotopic (exact) mass is 748 g/mol. The average Bonchev–Trinajstić information content (AvgIpc) is 3.10. The van der Waals surface area contributed by atoms with Gasteiger partial charge in [-0.05, 0) is 82.4 Å². The molecule has 0 saturated carbocycles. The van der Waals surface area contributed by atoms with Gasteiger partial charge in [-0.15, -0.1) is 0 Å². The van der Waals surface area contributed by atoms with Crippen LogP contribution in [0.5, 0.6) is 0 Å². The SMILES string of the molecule is CCc1c(C(N)=c2ccc(=C(c3ccc(N(CC)Cc4cccc(S(=O)(=O)O)c4)cc3)c3ccccc3S(=O)(=O)O)cc2)cccc1S(=O)(=O)O. The van der Waals surface area contributed by atoms with Crippen LogP contribution in [0.1, 0.15) is 41.7 Å². The molecule has 0 atom stereocenters. The van der Waals surface area contributed by atoms with Crippen molar-refractivity contribution in [1.82, 2.24) is 0 Å². The molecule has 51 heavy (non-hydrogen) atoms. The van der Waals surface area contributed by atoms with Gasteiger partial charge in [0.05, 0.1) is 9.79 Å². The second-order valence-corrected chi connectivity index (χ2v) is 15.8. The van der Waals surface area contributed by atoms with Gasteiger partial charge in [-0.2, -0.15) is 25.3 Å². The molecular weight excluding hydrogens is 713 g/mol. The van der Waals surface area contributed by atoms with Crippen LogP contribution in [0.25, 0.3) is 11.3 Å². The van der Waals surface area contributed by atoms with Crippen LogP contribution in [-0.2, 0) is 43.3 Å². The highest BCUT2D eigenvalue weighted by atomic mass is 32.2. The van der Waals surface area contributed by atoms with E-state index in [1.54, 1.807) is 61.5 Å². The lowest BCUT2D eigenvalue weighted by Crippen LogP contribution is -2.22. The number of rotatable bonds is 11. The van der Waals surface area contributed by atoms with Crippen LogP contribution in [0.3, 0.4) is 0 Å². The van der Waals surface area contributed by atoms with Gasteiger partial charge in [0.25, 0.3) is 30.4 Å². The first-order chi connectivity index (χ1) is 24.0. The minimum atomic E-state index is -4.63. The van der Waals surface area contributed by atoms with E-state index >= 15 is 0 Å². The van der Waals surface area contributed by atoms with Crippen molar-refractivity contribution in [1.29, 1.82) is 0 Å². The first-order valence-corrected chi connectivity index (χ1v) is 20.0. The maximum absolute atomic E-state index is 12.5. The molecule has 0 heterocycles. The molecule has 0 amide bonds. The molecule has 0 fully saturated rings. The van der Waals surface area contributed by atoms with Gasteiger partial charge in [-0.25, -0.2) is 0 Å². The third-order valence-corrected chi connectivity index (χ3v) is 11.1. The Bertz CT molecular complexity index is 2550. The van der Waals surface area contributed by atoms with E-state index in [0.717, 1.165) is 5.69 Å². The van der Waals surface area contributed by atoms with Crippen LogP contribution in [0, 0.1) is 0 Å². The van der Waals surface area contributed by atoms with Crippen molar-refractivity contribution in [3.8, 4) is 0 Å². The molecule has 0 radical (unpaired) electrons. The van der Waals surface area contributed by atoms with Crippen molar-refractivity contribution in [2.75, 3.05) is 11.4 Å². The van der Waals surface area contributed by atoms with Gasteiger partial charge < -0.3 is 10.6 Å². The Hall–Kier alpha value is -4.83. The number of anilines is 1. The van der Waals surface area contributed by atoms with Crippen LogP contribution >= 0.6 is 0 Å². The van der Waals surface area contributed by atoms with Crippen molar-refractivity contribution in [2.24, 2.45) is 5.73 Å². The maximum Gasteiger partial charge on any atom is 0.295 e. The van der Waals surface area contributed by atoms with E-state index in [1.807, 2.05) is 36.1 Å². The molecule has 0 aliphatic carbocycles. The van der Waals surface area contributed by atoms with Crippen molar-refractivity contribution in [3.63, 3.8) is 0 Å². The van der Waals surface area contributed by atoms with Gasteiger partial charge in [0, 0.05) is 35.6 Å². The Morgan fingerprint density at radius 3 is 1.78 bits per heavy atom. The zero-order chi connectivity index (χ0) is 37.1. The Kier molecular flexibility index (Phi) is 10.9. The van der Waals surface area contributed by atoms with Crippen LogP contribution in [-0.4, -0.2) is 45.5 Å². The minimum absolute atomic E-state index is 0.203. The lowest BCUT2D eigenvalue weighted by molar-refractivity contribution is 0.480. The van der Waals surface area contributed by atoms with E-state index in [4.69, 9.17) is 5.73 Å². The number of hydrogen-bond acceptors (Lipinski definition) is 8. The summed E-state index contributed by atoms with van der Waals surface area (Å²) in [6, 6.07) is 30.8. The summed E-state index contributed by atoms with van der Waals surface area (Å²) in [5, 5.41) is 1.14. The molecule has 266 valence electrons. The summed E-state index contributed by atoms with van der Waals surface area (Å²) in [4.78, 5) is 1.28. The van der Waals surface area contributed by atoms with E-state index in [-0.39, 0.29) is 32.4 Å². The van der Waals surface area contributed by atoms with Crippen LogP contribution in [0.15, 0.2) is 130 Å². The summed E-state index contributed by atoms with van der Waals surface area (Å²) in [6.45, 7) is 4.59. The smallest absolute Gasteiger partial charge is 0.295 e. The summed E-state index contributed by atoms with van der Waals surface area (Å²) in [7, 11) is -13.5. The molecule has 0 aliphatic rings. The van der Waals surface area contributed by atoms with Gasteiger partial charge in [-0.1, -0.05) is 85.8 Å². The normalized spacial score (nSPS) is 12.0. The zero-order valence-electron chi connectivity index (χ0n) is 27.6.